The second kappa shape index (κ2) is 9.48. The van der Waals surface area contributed by atoms with Gasteiger partial charge >= 0.3 is 6.18 Å². The van der Waals surface area contributed by atoms with Crippen molar-refractivity contribution in [3.8, 4) is 0 Å². The number of rotatable bonds is 7. The van der Waals surface area contributed by atoms with Gasteiger partial charge in [0, 0.05) is 61.3 Å². The van der Waals surface area contributed by atoms with Crippen LogP contribution in [0.3, 0.4) is 0 Å². The number of fused-ring (bicyclic) bond motifs is 1. The molecule has 4 aromatic rings. The fourth-order valence-corrected chi connectivity index (χ4v) is 4.10. The van der Waals surface area contributed by atoms with Crippen molar-refractivity contribution < 1.29 is 18.0 Å². The highest BCUT2D eigenvalue weighted by Crippen LogP contribution is 2.36. The number of carbonyl (C=O) groups is 1. The lowest BCUT2D eigenvalue weighted by atomic mass is 9.87. The van der Waals surface area contributed by atoms with Crippen molar-refractivity contribution >= 4 is 16.8 Å². The summed E-state index contributed by atoms with van der Waals surface area (Å²) in [5.74, 6) is -0.544. The van der Waals surface area contributed by atoms with E-state index in [4.69, 9.17) is 0 Å². The number of alkyl halides is 3. The average molecular weight is 451 g/mol. The molecule has 4 rings (SSSR count). The maximum Gasteiger partial charge on any atom is 0.416 e. The van der Waals surface area contributed by atoms with Gasteiger partial charge in [-0.2, -0.15) is 13.2 Å². The maximum atomic E-state index is 13.1. The minimum absolute atomic E-state index is 0.127. The number of aromatic nitrogens is 2. The molecule has 1 amide bonds. The third kappa shape index (κ3) is 5.25. The number of hydrogen-bond donors (Lipinski definition) is 1. The predicted octanol–water partition coefficient (Wildman–Crippen LogP) is 5.47. The van der Waals surface area contributed by atoms with Crippen LogP contribution in [-0.2, 0) is 24.4 Å². The second-order valence-corrected chi connectivity index (χ2v) is 8.01. The fraction of sp³-hybridized carbons (Fsp3) is 0.231. The first-order chi connectivity index (χ1) is 15.8. The van der Waals surface area contributed by atoms with Crippen LogP contribution in [-0.4, -0.2) is 22.0 Å². The molecule has 0 aliphatic carbocycles. The minimum atomic E-state index is -4.41. The first-order valence-electron chi connectivity index (χ1n) is 10.7. The number of benzene rings is 2. The number of para-hydroxylation sites is 1. The molecule has 0 radical (unpaired) electrons. The van der Waals surface area contributed by atoms with Crippen LogP contribution >= 0.6 is 0 Å². The Morgan fingerprint density at radius 2 is 1.76 bits per heavy atom. The summed E-state index contributed by atoms with van der Waals surface area (Å²) in [5, 5.41) is 3.90. The lowest BCUT2D eigenvalue weighted by Gasteiger charge is -2.18. The minimum Gasteiger partial charge on any atom is -0.356 e. The quantitative estimate of drug-likeness (QED) is 0.405. The summed E-state index contributed by atoms with van der Waals surface area (Å²) >= 11 is 0. The van der Waals surface area contributed by atoms with Crippen molar-refractivity contribution in [3.63, 3.8) is 0 Å². The van der Waals surface area contributed by atoms with Gasteiger partial charge in [0.1, 0.15) is 0 Å². The molecule has 2 aromatic carbocycles. The van der Waals surface area contributed by atoms with Gasteiger partial charge in [-0.05, 0) is 41.5 Å². The molecular weight excluding hydrogens is 427 g/mol. The van der Waals surface area contributed by atoms with E-state index in [1.54, 1.807) is 6.20 Å². The molecule has 0 aliphatic rings. The molecule has 0 saturated heterocycles. The van der Waals surface area contributed by atoms with Gasteiger partial charge < -0.3 is 9.88 Å². The first-order valence-corrected chi connectivity index (χ1v) is 10.7. The lowest BCUT2D eigenvalue weighted by Crippen LogP contribution is -2.27. The van der Waals surface area contributed by atoms with Crippen molar-refractivity contribution in [3.05, 3.63) is 102 Å². The highest BCUT2D eigenvalue weighted by atomic mass is 19.4. The molecular formula is C26H24F3N3O. The van der Waals surface area contributed by atoms with Crippen LogP contribution in [0.1, 0.15) is 34.7 Å². The van der Waals surface area contributed by atoms with Crippen LogP contribution in [0.25, 0.3) is 10.9 Å². The summed E-state index contributed by atoms with van der Waals surface area (Å²) in [4.78, 5) is 17.1. The molecule has 0 aliphatic heterocycles. The van der Waals surface area contributed by atoms with Crippen LogP contribution in [0.4, 0.5) is 13.2 Å². The van der Waals surface area contributed by atoms with E-state index in [2.05, 4.69) is 10.3 Å². The standard InChI is InChI=1S/C26H24F3N3O/c1-32-17-23(21-7-2-3-8-24(21)32)22(18-9-11-19(12-10-18)26(27,28)29)16-25(33)31-15-13-20-6-4-5-14-30-20/h2-12,14,17,22H,13,15-16H2,1H3,(H,31,33)/t22-/m1/s1. The zero-order valence-electron chi connectivity index (χ0n) is 18.1. The molecule has 4 nitrogen and oxygen atoms in total. The Morgan fingerprint density at radius 1 is 1.03 bits per heavy atom. The first kappa shape index (κ1) is 22.6. The molecule has 0 spiro atoms. The Hall–Kier alpha value is -3.61. The third-order valence-electron chi connectivity index (χ3n) is 5.76. The SMILES string of the molecule is Cn1cc([C@H](CC(=O)NCCc2ccccn2)c2ccc(C(F)(F)F)cc2)c2ccccc21. The van der Waals surface area contributed by atoms with Crippen LogP contribution in [0, 0.1) is 0 Å². The van der Waals surface area contributed by atoms with E-state index in [1.165, 1.54) is 12.1 Å². The van der Waals surface area contributed by atoms with Gasteiger partial charge in [-0.3, -0.25) is 9.78 Å². The largest absolute Gasteiger partial charge is 0.416 e. The molecule has 1 atom stereocenters. The number of hydrogen-bond acceptors (Lipinski definition) is 2. The number of halogens is 3. The molecule has 2 aromatic heterocycles. The molecule has 1 N–H and O–H groups in total. The number of aryl methyl sites for hydroxylation is 1. The average Bonchev–Trinajstić information content (AvgIpc) is 3.14. The molecule has 2 heterocycles. The van der Waals surface area contributed by atoms with Gasteiger partial charge in [-0.25, -0.2) is 0 Å². The molecule has 170 valence electrons. The summed E-state index contributed by atoms with van der Waals surface area (Å²) < 4.78 is 41.2. The highest BCUT2D eigenvalue weighted by Gasteiger charge is 2.31. The molecule has 0 fully saturated rings. The Balaban J connectivity index is 1.59. The Morgan fingerprint density at radius 3 is 2.45 bits per heavy atom. The fourth-order valence-electron chi connectivity index (χ4n) is 4.10. The topological polar surface area (TPSA) is 46.9 Å². The van der Waals surface area contributed by atoms with E-state index in [0.717, 1.165) is 34.3 Å². The number of nitrogens with one attached hydrogen (secondary N) is 1. The van der Waals surface area contributed by atoms with Crippen molar-refractivity contribution in [2.75, 3.05) is 6.54 Å². The maximum absolute atomic E-state index is 13.1. The molecule has 7 heteroatoms. The van der Waals surface area contributed by atoms with Crippen molar-refractivity contribution in [2.45, 2.75) is 24.9 Å². The van der Waals surface area contributed by atoms with E-state index in [1.807, 2.05) is 60.3 Å². The number of nitrogens with zero attached hydrogens (tertiary/aromatic N) is 2. The van der Waals surface area contributed by atoms with E-state index >= 15 is 0 Å². The third-order valence-corrected chi connectivity index (χ3v) is 5.76. The molecule has 0 unspecified atom stereocenters. The lowest BCUT2D eigenvalue weighted by molar-refractivity contribution is -0.137. The van der Waals surface area contributed by atoms with Crippen LogP contribution in [0.15, 0.2) is 79.1 Å². The van der Waals surface area contributed by atoms with E-state index < -0.39 is 11.7 Å². The van der Waals surface area contributed by atoms with Crippen molar-refractivity contribution in [2.24, 2.45) is 7.05 Å². The normalized spacial score (nSPS) is 12.6. The Bertz CT molecular complexity index is 1230. The van der Waals surface area contributed by atoms with E-state index in [9.17, 15) is 18.0 Å². The van der Waals surface area contributed by atoms with Crippen molar-refractivity contribution in [1.82, 2.24) is 14.9 Å². The molecule has 0 saturated carbocycles. The number of amides is 1. The second-order valence-electron chi connectivity index (χ2n) is 8.01. The number of carbonyl (C=O) groups excluding carboxylic acids is 1. The zero-order valence-corrected chi connectivity index (χ0v) is 18.1. The summed E-state index contributed by atoms with van der Waals surface area (Å²) in [5.41, 5.74) is 2.75. The molecule has 33 heavy (non-hydrogen) atoms. The van der Waals surface area contributed by atoms with Gasteiger partial charge in [0.25, 0.3) is 0 Å². The summed E-state index contributed by atoms with van der Waals surface area (Å²) in [6, 6.07) is 18.5. The summed E-state index contributed by atoms with van der Waals surface area (Å²) in [7, 11) is 1.92. The van der Waals surface area contributed by atoms with Gasteiger partial charge in [-0.15, -0.1) is 0 Å². The zero-order chi connectivity index (χ0) is 23.4. The van der Waals surface area contributed by atoms with Gasteiger partial charge in [0.15, 0.2) is 0 Å². The monoisotopic (exact) mass is 451 g/mol. The summed E-state index contributed by atoms with van der Waals surface area (Å²) in [6.45, 7) is 0.436. The predicted molar refractivity (Wildman–Crippen MR) is 122 cm³/mol. The van der Waals surface area contributed by atoms with Gasteiger partial charge in [0.05, 0.1) is 5.56 Å². The highest BCUT2D eigenvalue weighted by molar-refractivity contribution is 5.86. The Labute approximate surface area is 190 Å². The smallest absolute Gasteiger partial charge is 0.356 e. The molecule has 0 bridgehead atoms. The van der Waals surface area contributed by atoms with Gasteiger partial charge in [0.2, 0.25) is 5.91 Å². The van der Waals surface area contributed by atoms with Crippen LogP contribution < -0.4 is 5.32 Å². The van der Waals surface area contributed by atoms with Gasteiger partial charge in [-0.1, -0.05) is 36.4 Å². The summed E-state index contributed by atoms with van der Waals surface area (Å²) in [6.07, 6.45) is -0.0177. The van der Waals surface area contributed by atoms with Crippen LogP contribution in [0.2, 0.25) is 0 Å². The van der Waals surface area contributed by atoms with E-state index in [-0.39, 0.29) is 18.2 Å². The van der Waals surface area contributed by atoms with E-state index in [0.29, 0.717) is 18.5 Å². The van der Waals surface area contributed by atoms with Crippen LogP contribution in [0.5, 0.6) is 0 Å². The Kier molecular flexibility index (Phi) is 6.49. The number of pyridine rings is 1. The van der Waals surface area contributed by atoms with Crippen molar-refractivity contribution in [1.29, 1.82) is 0 Å².